The molecule has 0 atom stereocenters. The van der Waals surface area contributed by atoms with Crippen molar-refractivity contribution in [1.82, 2.24) is 5.43 Å². The van der Waals surface area contributed by atoms with E-state index in [1.807, 2.05) is 25.1 Å². The Morgan fingerprint density at radius 1 is 1.33 bits per heavy atom. The van der Waals surface area contributed by atoms with E-state index in [4.69, 9.17) is 4.74 Å². The summed E-state index contributed by atoms with van der Waals surface area (Å²) in [6.45, 7) is 2.52. The van der Waals surface area contributed by atoms with E-state index in [0.717, 1.165) is 19.6 Å². The SMILES string of the molecule is CCOc1ccc(C=NNC(=O)c2cc3cc([N+](=O)[O-])ccc3s2)cc1I. The molecule has 7 nitrogen and oxygen atoms in total. The molecule has 0 aliphatic rings. The van der Waals surface area contributed by atoms with Gasteiger partial charge in [-0.15, -0.1) is 11.3 Å². The van der Waals surface area contributed by atoms with Gasteiger partial charge in [0.25, 0.3) is 11.6 Å². The predicted molar refractivity (Wildman–Crippen MR) is 114 cm³/mol. The molecule has 3 rings (SSSR count). The fourth-order valence-corrected chi connectivity index (χ4v) is 3.97. The van der Waals surface area contributed by atoms with Crippen LogP contribution in [0.15, 0.2) is 47.6 Å². The zero-order valence-corrected chi connectivity index (χ0v) is 17.1. The van der Waals surface area contributed by atoms with E-state index in [-0.39, 0.29) is 11.6 Å². The van der Waals surface area contributed by atoms with Crippen molar-refractivity contribution in [3.8, 4) is 5.75 Å². The molecule has 3 aromatic rings. The number of amides is 1. The highest BCUT2D eigenvalue weighted by atomic mass is 127. The van der Waals surface area contributed by atoms with Crippen molar-refractivity contribution in [2.24, 2.45) is 5.10 Å². The van der Waals surface area contributed by atoms with E-state index >= 15 is 0 Å². The molecular formula is C18H14IN3O4S. The first kappa shape index (κ1) is 19.2. The number of benzene rings is 2. The van der Waals surface area contributed by atoms with Crippen LogP contribution in [-0.4, -0.2) is 23.7 Å². The molecule has 0 fully saturated rings. The number of nitrogens with one attached hydrogen (secondary N) is 1. The molecule has 1 heterocycles. The number of hydrazone groups is 1. The molecule has 0 aliphatic heterocycles. The Bertz CT molecular complexity index is 1050. The summed E-state index contributed by atoms with van der Waals surface area (Å²) in [5.41, 5.74) is 3.30. The van der Waals surface area contributed by atoms with E-state index in [9.17, 15) is 14.9 Å². The van der Waals surface area contributed by atoms with Gasteiger partial charge < -0.3 is 4.74 Å². The second-order valence-corrected chi connectivity index (χ2v) is 7.66. The molecule has 0 saturated heterocycles. The van der Waals surface area contributed by atoms with Crippen LogP contribution in [0.2, 0.25) is 0 Å². The van der Waals surface area contributed by atoms with Gasteiger partial charge in [0, 0.05) is 22.2 Å². The minimum Gasteiger partial charge on any atom is -0.493 e. The molecule has 0 aliphatic carbocycles. The largest absolute Gasteiger partial charge is 0.493 e. The highest BCUT2D eigenvalue weighted by molar-refractivity contribution is 14.1. The summed E-state index contributed by atoms with van der Waals surface area (Å²) >= 11 is 3.43. The summed E-state index contributed by atoms with van der Waals surface area (Å²) in [5.74, 6) is 0.439. The summed E-state index contributed by atoms with van der Waals surface area (Å²) in [5, 5.41) is 15.5. The lowest BCUT2D eigenvalue weighted by atomic mass is 10.2. The summed E-state index contributed by atoms with van der Waals surface area (Å²) < 4.78 is 7.24. The molecule has 0 bridgehead atoms. The van der Waals surface area contributed by atoms with Gasteiger partial charge in [0.15, 0.2) is 0 Å². The third-order valence-electron chi connectivity index (χ3n) is 3.57. The third-order valence-corrected chi connectivity index (χ3v) is 5.53. The molecule has 138 valence electrons. The zero-order chi connectivity index (χ0) is 19.4. The molecule has 0 radical (unpaired) electrons. The molecule has 1 amide bonds. The smallest absolute Gasteiger partial charge is 0.281 e. The number of ether oxygens (including phenoxy) is 1. The normalized spacial score (nSPS) is 11.0. The summed E-state index contributed by atoms with van der Waals surface area (Å²) in [4.78, 5) is 23.1. The summed E-state index contributed by atoms with van der Waals surface area (Å²) in [7, 11) is 0. The predicted octanol–water partition coefficient (Wildman–Crippen LogP) is 4.58. The fraction of sp³-hybridized carbons (Fsp3) is 0.111. The van der Waals surface area contributed by atoms with Crippen LogP contribution in [0.3, 0.4) is 0 Å². The van der Waals surface area contributed by atoms with Crippen molar-refractivity contribution in [1.29, 1.82) is 0 Å². The van der Waals surface area contributed by atoms with Crippen LogP contribution in [0.25, 0.3) is 10.1 Å². The number of thiophene rings is 1. The Kier molecular flexibility index (Phi) is 6.01. The maximum Gasteiger partial charge on any atom is 0.281 e. The topological polar surface area (TPSA) is 93.8 Å². The third kappa shape index (κ3) is 4.61. The molecule has 1 N–H and O–H groups in total. The average Bonchev–Trinajstić information content (AvgIpc) is 3.07. The first-order chi connectivity index (χ1) is 13.0. The van der Waals surface area contributed by atoms with Crippen LogP contribution in [0.1, 0.15) is 22.2 Å². The van der Waals surface area contributed by atoms with Gasteiger partial charge in [0.1, 0.15) is 5.75 Å². The van der Waals surface area contributed by atoms with Crippen LogP contribution in [0.4, 0.5) is 5.69 Å². The van der Waals surface area contributed by atoms with Gasteiger partial charge >= 0.3 is 0 Å². The van der Waals surface area contributed by atoms with Gasteiger partial charge in [-0.3, -0.25) is 14.9 Å². The lowest BCUT2D eigenvalue weighted by Crippen LogP contribution is -2.16. The van der Waals surface area contributed by atoms with Gasteiger partial charge in [-0.25, -0.2) is 5.43 Å². The van der Waals surface area contributed by atoms with Gasteiger partial charge in [0.2, 0.25) is 0 Å². The Balaban J connectivity index is 1.70. The number of carbonyl (C=O) groups is 1. The first-order valence-electron chi connectivity index (χ1n) is 7.91. The molecule has 2 aromatic carbocycles. The monoisotopic (exact) mass is 495 g/mol. The maximum atomic E-state index is 12.3. The van der Waals surface area contributed by atoms with E-state index in [0.29, 0.717) is 16.9 Å². The van der Waals surface area contributed by atoms with Gasteiger partial charge in [-0.1, -0.05) is 0 Å². The van der Waals surface area contributed by atoms with E-state index in [1.165, 1.54) is 23.5 Å². The molecule has 1 aromatic heterocycles. The van der Waals surface area contributed by atoms with Gasteiger partial charge in [0.05, 0.1) is 26.2 Å². The number of carbonyl (C=O) groups excluding carboxylic acids is 1. The second-order valence-electron chi connectivity index (χ2n) is 5.41. The average molecular weight is 495 g/mol. The maximum absolute atomic E-state index is 12.3. The number of halogens is 1. The Hall–Kier alpha value is -2.53. The number of hydrogen-bond acceptors (Lipinski definition) is 6. The number of nitro benzene ring substituents is 1. The van der Waals surface area contributed by atoms with E-state index in [1.54, 1.807) is 18.3 Å². The first-order valence-corrected chi connectivity index (χ1v) is 9.81. The van der Waals surface area contributed by atoms with Gasteiger partial charge in [-0.2, -0.15) is 5.10 Å². The molecule has 0 spiro atoms. The second kappa shape index (κ2) is 8.44. The number of rotatable bonds is 6. The lowest BCUT2D eigenvalue weighted by Gasteiger charge is -2.05. The number of hydrogen-bond donors (Lipinski definition) is 1. The van der Waals surface area contributed by atoms with E-state index < -0.39 is 4.92 Å². The number of non-ortho nitro benzene ring substituents is 1. The molecular weight excluding hydrogens is 481 g/mol. The standard InChI is InChI=1S/C18H14IN3O4S/c1-2-26-15-5-3-11(7-14(15)19)10-20-21-18(23)17-9-12-8-13(22(24)25)4-6-16(12)27-17/h3-10H,2H2,1H3,(H,21,23). The van der Waals surface area contributed by atoms with Crippen molar-refractivity contribution in [2.75, 3.05) is 6.61 Å². The minimum absolute atomic E-state index is 0.00428. The van der Waals surface area contributed by atoms with Crippen LogP contribution in [0, 0.1) is 13.7 Å². The lowest BCUT2D eigenvalue weighted by molar-refractivity contribution is -0.384. The van der Waals surface area contributed by atoms with Crippen molar-refractivity contribution in [3.05, 3.63) is 66.6 Å². The zero-order valence-electron chi connectivity index (χ0n) is 14.1. The van der Waals surface area contributed by atoms with Gasteiger partial charge in [-0.05, 0) is 65.4 Å². The number of nitro groups is 1. The molecule has 27 heavy (non-hydrogen) atoms. The van der Waals surface area contributed by atoms with E-state index in [2.05, 4.69) is 33.1 Å². The van der Waals surface area contributed by atoms with Crippen LogP contribution >= 0.6 is 33.9 Å². The Morgan fingerprint density at radius 2 is 2.15 bits per heavy atom. The van der Waals surface area contributed by atoms with Crippen molar-refractivity contribution >= 4 is 61.8 Å². The van der Waals surface area contributed by atoms with Crippen molar-refractivity contribution in [3.63, 3.8) is 0 Å². The Labute approximate surface area is 172 Å². The Morgan fingerprint density at radius 3 is 2.85 bits per heavy atom. The van der Waals surface area contributed by atoms with Crippen LogP contribution < -0.4 is 10.2 Å². The van der Waals surface area contributed by atoms with Crippen molar-refractivity contribution < 1.29 is 14.5 Å². The molecule has 0 unspecified atom stereocenters. The van der Waals surface area contributed by atoms with Crippen LogP contribution in [0.5, 0.6) is 5.75 Å². The summed E-state index contributed by atoms with van der Waals surface area (Å²) in [6, 6.07) is 11.7. The quantitative estimate of drug-likeness (QED) is 0.235. The highest BCUT2D eigenvalue weighted by Gasteiger charge is 2.13. The van der Waals surface area contributed by atoms with Crippen molar-refractivity contribution in [2.45, 2.75) is 6.92 Å². The van der Waals surface area contributed by atoms with Crippen LogP contribution in [-0.2, 0) is 0 Å². The highest BCUT2D eigenvalue weighted by Crippen LogP contribution is 2.29. The number of nitrogens with zero attached hydrogens (tertiary/aromatic N) is 2. The fourth-order valence-electron chi connectivity index (χ4n) is 2.35. The molecule has 0 saturated carbocycles. The minimum atomic E-state index is -0.459. The number of fused-ring (bicyclic) bond motifs is 1. The molecule has 9 heteroatoms. The summed E-state index contributed by atoms with van der Waals surface area (Å²) in [6.07, 6.45) is 1.55.